The van der Waals surface area contributed by atoms with Crippen LogP contribution in [0.2, 0.25) is 0 Å². The quantitative estimate of drug-likeness (QED) is 0.774. The van der Waals surface area contributed by atoms with Crippen molar-refractivity contribution in [3.63, 3.8) is 0 Å². The number of hydrogen-bond donors (Lipinski definition) is 1. The predicted molar refractivity (Wildman–Crippen MR) is 72.5 cm³/mol. The third-order valence-corrected chi connectivity index (χ3v) is 5.93. The molecule has 0 aromatic rings. The molecule has 106 valence electrons. The van der Waals surface area contributed by atoms with Gasteiger partial charge in [0.1, 0.15) is 0 Å². The van der Waals surface area contributed by atoms with Gasteiger partial charge in [-0.3, -0.25) is 0 Å². The largest absolute Gasteiger partial charge is 0.317 e. The minimum atomic E-state index is -3.22. The van der Waals surface area contributed by atoms with Crippen LogP contribution < -0.4 is 5.32 Å². The van der Waals surface area contributed by atoms with Gasteiger partial charge in [-0.1, -0.05) is 6.92 Å². The molecule has 1 saturated carbocycles. The van der Waals surface area contributed by atoms with Gasteiger partial charge in [-0.2, -0.15) is 17.0 Å². The lowest BCUT2D eigenvalue weighted by Gasteiger charge is -2.34. The molecule has 1 aliphatic heterocycles. The Morgan fingerprint density at radius 3 is 2.67 bits per heavy atom. The van der Waals surface area contributed by atoms with E-state index in [0.29, 0.717) is 19.0 Å². The molecule has 0 aromatic carbocycles. The lowest BCUT2D eigenvalue weighted by molar-refractivity contribution is 0.246. The van der Waals surface area contributed by atoms with Crippen molar-refractivity contribution in [3.05, 3.63) is 0 Å². The lowest BCUT2D eigenvalue weighted by Crippen LogP contribution is -2.48. The summed E-state index contributed by atoms with van der Waals surface area (Å²) in [6, 6.07) is 0.254. The molecule has 1 heterocycles. The summed E-state index contributed by atoms with van der Waals surface area (Å²) < 4.78 is 28.1. The summed E-state index contributed by atoms with van der Waals surface area (Å²) in [7, 11) is -1.49. The predicted octanol–water partition coefficient (Wildman–Crippen LogP) is 0.647. The highest BCUT2D eigenvalue weighted by molar-refractivity contribution is 7.86. The van der Waals surface area contributed by atoms with E-state index >= 15 is 0 Å². The zero-order valence-corrected chi connectivity index (χ0v) is 12.2. The van der Waals surface area contributed by atoms with Crippen LogP contribution in [0.1, 0.15) is 32.6 Å². The minimum Gasteiger partial charge on any atom is -0.317 e. The third kappa shape index (κ3) is 3.23. The Morgan fingerprint density at radius 1 is 1.33 bits per heavy atom. The Hall–Kier alpha value is -0.170. The summed E-state index contributed by atoms with van der Waals surface area (Å²) in [4.78, 5) is 0. The molecule has 5 nitrogen and oxygen atoms in total. The first kappa shape index (κ1) is 14.2. The highest BCUT2D eigenvalue weighted by atomic mass is 32.2. The fraction of sp³-hybridized carbons (Fsp3) is 1.00. The van der Waals surface area contributed by atoms with Crippen LogP contribution in [0.25, 0.3) is 0 Å². The van der Waals surface area contributed by atoms with Gasteiger partial charge in [-0.25, -0.2) is 0 Å². The molecule has 0 radical (unpaired) electrons. The summed E-state index contributed by atoms with van der Waals surface area (Å²) in [5.41, 5.74) is 0. The highest BCUT2D eigenvalue weighted by Crippen LogP contribution is 2.30. The van der Waals surface area contributed by atoms with Crippen molar-refractivity contribution in [2.24, 2.45) is 5.92 Å². The second kappa shape index (κ2) is 5.86. The molecule has 0 amide bonds. The van der Waals surface area contributed by atoms with Crippen LogP contribution in [0.3, 0.4) is 0 Å². The van der Waals surface area contributed by atoms with E-state index in [0.717, 1.165) is 38.8 Å². The Kier molecular flexibility index (Phi) is 4.64. The maximum atomic E-state index is 12.4. The van der Waals surface area contributed by atoms with Crippen molar-refractivity contribution < 1.29 is 8.42 Å². The SMILES string of the molecule is CCNCC1CCCN(S(=O)(=O)N(C)C2CC2)C1. The highest BCUT2D eigenvalue weighted by Gasteiger charge is 2.39. The normalized spacial score (nSPS) is 26.7. The van der Waals surface area contributed by atoms with E-state index < -0.39 is 10.2 Å². The van der Waals surface area contributed by atoms with Crippen molar-refractivity contribution in [2.75, 3.05) is 33.2 Å². The van der Waals surface area contributed by atoms with Gasteiger partial charge in [0.15, 0.2) is 0 Å². The van der Waals surface area contributed by atoms with Crippen LogP contribution in [0.5, 0.6) is 0 Å². The van der Waals surface area contributed by atoms with E-state index in [1.807, 2.05) is 0 Å². The summed E-state index contributed by atoms with van der Waals surface area (Å²) in [5.74, 6) is 0.459. The van der Waals surface area contributed by atoms with Gasteiger partial charge in [-0.05, 0) is 44.7 Å². The molecule has 1 aliphatic carbocycles. The average Bonchev–Trinajstić information content (AvgIpc) is 3.20. The van der Waals surface area contributed by atoms with Crippen LogP contribution in [0.15, 0.2) is 0 Å². The van der Waals surface area contributed by atoms with Crippen LogP contribution in [-0.4, -0.2) is 56.3 Å². The van der Waals surface area contributed by atoms with Crippen molar-refractivity contribution >= 4 is 10.2 Å². The van der Waals surface area contributed by atoms with Crippen LogP contribution in [0, 0.1) is 5.92 Å². The van der Waals surface area contributed by atoms with E-state index in [9.17, 15) is 8.42 Å². The molecular formula is C12H25N3O2S. The van der Waals surface area contributed by atoms with Gasteiger partial charge in [0.25, 0.3) is 10.2 Å². The molecule has 1 unspecified atom stereocenters. The summed E-state index contributed by atoms with van der Waals surface area (Å²) in [5, 5.41) is 3.32. The van der Waals surface area contributed by atoms with Crippen LogP contribution in [-0.2, 0) is 10.2 Å². The van der Waals surface area contributed by atoms with Crippen molar-refractivity contribution in [2.45, 2.75) is 38.6 Å². The second-order valence-corrected chi connectivity index (χ2v) is 7.42. The standard InChI is InChI=1S/C12H25N3O2S/c1-3-13-9-11-5-4-8-15(10-11)18(16,17)14(2)12-6-7-12/h11-13H,3-10H2,1-2H3. The van der Waals surface area contributed by atoms with Gasteiger partial charge in [0.2, 0.25) is 0 Å². The molecule has 0 spiro atoms. The minimum absolute atomic E-state index is 0.254. The Bertz CT molecular complexity index is 368. The maximum Gasteiger partial charge on any atom is 0.281 e. The summed E-state index contributed by atoms with van der Waals surface area (Å²) in [6.45, 7) is 5.31. The van der Waals surface area contributed by atoms with E-state index in [2.05, 4.69) is 12.2 Å². The first-order valence-electron chi connectivity index (χ1n) is 6.99. The topological polar surface area (TPSA) is 52.7 Å². The third-order valence-electron chi connectivity index (χ3n) is 3.92. The average molecular weight is 275 g/mol. The second-order valence-electron chi connectivity index (χ2n) is 5.43. The van der Waals surface area contributed by atoms with Gasteiger partial charge in [-0.15, -0.1) is 0 Å². The van der Waals surface area contributed by atoms with Gasteiger partial charge < -0.3 is 5.32 Å². The fourth-order valence-corrected chi connectivity index (χ4v) is 4.27. The van der Waals surface area contributed by atoms with Crippen molar-refractivity contribution in [1.82, 2.24) is 13.9 Å². The molecule has 2 fully saturated rings. The Labute approximate surface area is 111 Å². The first-order valence-corrected chi connectivity index (χ1v) is 8.39. The van der Waals surface area contributed by atoms with Gasteiger partial charge in [0, 0.05) is 26.2 Å². The number of piperidine rings is 1. The van der Waals surface area contributed by atoms with E-state index in [4.69, 9.17) is 0 Å². The van der Waals surface area contributed by atoms with Crippen molar-refractivity contribution in [3.8, 4) is 0 Å². The van der Waals surface area contributed by atoms with E-state index in [1.165, 1.54) is 0 Å². The molecule has 18 heavy (non-hydrogen) atoms. The number of nitrogens with zero attached hydrogens (tertiary/aromatic N) is 2. The molecule has 1 N–H and O–H groups in total. The van der Waals surface area contributed by atoms with E-state index in [-0.39, 0.29) is 6.04 Å². The van der Waals surface area contributed by atoms with Gasteiger partial charge >= 0.3 is 0 Å². The molecule has 2 rings (SSSR count). The van der Waals surface area contributed by atoms with E-state index in [1.54, 1.807) is 15.7 Å². The molecule has 6 heteroatoms. The molecule has 2 aliphatic rings. The fourth-order valence-electron chi connectivity index (χ4n) is 2.56. The smallest absolute Gasteiger partial charge is 0.281 e. The van der Waals surface area contributed by atoms with Gasteiger partial charge in [0.05, 0.1) is 0 Å². The molecule has 1 atom stereocenters. The monoisotopic (exact) mass is 275 g/mol. The number of hydrogen-bond acceptors (Lipinski definition) is 3. The summed E-state index contributed by atoms with van der Waals surface area (Å²) >= 11 is 0. The zero-order chi connectivity index (χ0) is 13.2. The van der Waals surface area contributed by atoms with Crippen LogP contribution in [0.4, 0.5) is 0 Å². The van der Waals surface area contributed by atoms with Crippen molar-refractivity contribution in [1.29, 1.82) is 0 Å². The molecule has 1 saturated heterocycles. The maximum absolute atomic E-state index is 12.4. The van der Waals surface area contributed by atoms with Crippen LogP contribution >= 0.6 is 0 Å². The summed E-state index contributed by atoms with van der Waals surface area (Å²) in [6.07, 6.45) is 4.15. The molecule has 0 aromatic heterocycles. The first-order chi connectivity index (χ1) is 8.55. The number of nitrogens with one attached hydrogen (secondary N) is 1. The molecule has 0 bridgehead atoms. The Balaban J connectivity index is 1.94. The Morgan fingerprint density at radius 2 is 2.06 bits per heavy atom. The lowest BCUT2D eigenvalue weighted by atomic mass is 10.00. The number of rotatable bonds is 6. The zero-order valence-electron chi connectivity index (χ0n) is 11.4. The molecular weight excluding hydrogens is 250 g/mol.